The minimum Gasteiger partial charge on any atom is -0.497 e. The third-order valence-corrected chi connectivity index (χ3v) is 6.08. The molecule has 1 N–H and O–H groups in total. The molecule has 0 radical (unpaired) electrons. The SMILES string of the molecule is COc1cccc(NC(=O)CN(c2ccccc2)S(=O)(=O)c2ccc(C)cc2)c1. The Balaban J connectivity index is 1.90. The maximum Gasteiger partial charge on any atom is 0.264 e. The number of benzene rings is 3. The number of para-hydroxylation sites is 1. The third kappa shape index (κ3) is 4.94. The van der Waals surface area contributed by atoms with Crippen LogP contribution in [0, 0.1) is 6.92 Å². The Morgan fingerprint density at radius 3 is 2.31 bits per heavy atom. The Kier molecular flexibility index (Phi) is 6.19. The number of amides is 1. The van der Waals surface area contributed by atoms with Gasteiger partial charge < -0.3 is 10.1 Å². The highest BCUT2D eigenvalue weighted by molar-refractivity contribution is 7.92. The van der Waals surface area contributed by atoms with Crippen molar-refractivity contribution in [2.45, 2.75) is 11.8 Å². The molecule has 150 valence electrons. The van der Waals surface area contributed by atoms with Gasteiger partial charge in [-0.15, -0.1) is 0 Å². The Bertz CT molecular complexity index is 1080. The smallest absolute Gasteiger partial charge is 0.264 e. The van der Waals surface area contributed by atoms with E-state index >= 15 is 0 Å². The second-order valence-electron chi connectivity index (χ2n) is 6.44. The molecule has 0 saturated carbocycles. The zero-order chi connectivity index (χ0) is 20.9. The van der Waals surface area contributed by atoms with Gasteiger partial charge in [0, 0.05) is 11.8 Å². The Morgan fingerprint density at radius 2 is 1.66 bits per heavy atom. The first-order valence-corrected chi connectivity index (χ1v) is 10.4. The van der Waals surface area contributed by atoms with Crippen molar-refractivity contribution in [3.8, 4) is 5.75 Å². The molecule has 0 atom stereocenters. The van der Waals surface area contributed by atoms with Crippen LogP contribution in [0.5, 0.6) is 5.75 Å². The van der Waals surface area contributed by atoms with Gasteiger partial charge in [-0.1, -0.05) is 42.0 Å². The number of nitrogens with zero attached hydrogens (tertiary/aromatic N) is 1. The van der Waals surface area contributed by atoms with Gasteiger partial charge in [0.25, 0.3) is 10.0 Å². The number of aryl methyl sites for hydroxylation is 1. The van der Waals surface area contributed by atoms with E-state index in [-0.39, 0.29) is 11.4 Å². The summed E-state index contributed by atoms with van der Waals surface area (Å²) in [6.45, 7) is 1.52. The van der Waals surface area contributed by atoms with Crippen LogP contribution in [-0.4, -0.2) is 28.0 Å². The molecular formula is C22H22N2O4S. The molecule has 29 heavy (non-hydrogen) atoms. The van der Waals surface area contributed by atoms with Gasteiger partial charge in [0.05, 0.1) is 17.7 Å². The van der Waals surface area contributed by atoms with E-state index in [1.165, 1.54) is 7.11 Å². The van der Waals surface area contributed by atoms with Gasteiger partial charge in [0.2, 0.25) is 5.91 Å². The largest absolute Gasteiger partial charge is 0.497 e. The maximum atomic E-state index is 13.3. The van der Waals surface area contributed by atoms with Gasteiger partial charge in [0.1, 0.15) is 12.3 Å². The number of ether oxygens (including phenoxy) is 1. The summed E-state index contributed by atoms with van der Waals surface area (Å²) >= 11 is 0. The lowest BCUT2D eigenvalue weighted by molar-refractivity contribution is -0.114. The Labute approximate surface area is 170 Å². The van der Waals surface area contributed by atoms with E-state index in [1.807, 2.05) is 6.92 Å². The number of rotatable bonds is 7. The molecule has 0 aliphatic carbocycles. The topological polar surface area (TPSA) is 75.7 Å². The lowest BCUT2D eigenvalue weighted by atomic mass is 10.2. The van der Waals surface area contributed by atoms with Gasteiger partial charge >= 0.3 is 0 Å². The number of hydrogen-bond acceptors (Lipinski definition) is 4. The van der Waals surface area contributed by atoms with Crippen LogP contribution in [0.4, 0.5) is 11.4 Å². The number of carbonyl (C=O) groups excluding carboxylic acids is 1. The lowest BCUT2D eigenvalue weighted by Gasteiger charge is -2.24. The molecule has 0 spiro atoms. The highest BCUT2D eigenvalue weighted by Gasteiger charge is 2.27. The second kappa shape index (κ2) is 8.79. The van der Waals surface area contributed by atoms with Crippen LogP contribution in [0.2, 0.25) is 0 Å². The van der Waals surface area contributed by atoms with Gasteiger partial charge in [-0.3, -0.25) is 9.10 Å². The third-order valence-electron chi connectivity index (χ3n) is 4.29. The predicted molar refractivity (Wildman–Crippen MR) is 114 cm³/mol. The molecule has 0 saturated heterocycles. The van der Waals surface area contributed by atoms with Crippen molar-refractivity contribution in [2.75, 3.05) is 23.3 Å². The summed E-state index contributed by atoms with van der Waals surface area (Å²) in [5.41, 5.74) is 1.88. The molecule has 3 rings (SSSR count). The first-order chi connectivity index (χ1) is 13.9. The predicted octanol–water partition coefficient (Wildman–Crippen LogP) is 3.84. The second-order valence-corrected chi connectivity index (χ2v) is 8.30. The lowest BCUT2D eigenvalue weighted by Crippen LogP contribution is -2.38. The van der Waals surface area contributed by atoms with Crippen molar-refractivity contribution in [2.24, 2.45) is 0 Å². The summed E-state index contributed by atoms with van der Waals surface area (Å²) < 4.78 is 32.8. The number of nitrogens with one attached hydrogen (secondary N) is 1. The summed E-state index contributed by atoms with van der Waals surface area (Å²) in [6, 6.07) is 22.0. The van der Waals surface area contributed by atoms with E-state index < -0.39 is 15.9 Å². The van der Waals surface area contributed by atoms with Crippen molar-refractivity contribution in [3.05, 3.63) is 84.4 Å². The highest BCUT2D eigenvalue weighted by Crippen LogP contribution is 2.24. The van der Waals surface area contributed by atoms with E-state index in [9.17, 15) is 13.2 Å². The molecule has 0 aromatic heterocycles. The van der Waals surface area contributed by atoms with Crippen molar-refractivity contribution < 1.29 is 17.9 Å². The molecule has 3 aromatic carbocycles. The molecule has 0 aliphatic heterocycles. The quantitative estimate of drug-likeness (QED) is 0.642. The van der Waals surface area contributed by atoms with E-state index in [0.717, 1.165) is 9.87 Å². The normalized spacial score (nSPS) is 11.0. The molecule has 0 fully saturated rings. The summed E-state index contributed by atoms with van der Waals surface area (Å²) in [5, 5.41) is 2.72. The summed E-state index contributed by atoms with van der Waals surface area (Å²) in [7, 11) is -2.39. The highest BCUT2D eigenvalue weighted by atomic mass is 32.2. The average molecular weight is 410 g/mol. The monoisotopic (exact) mass is 410 g/mol. The molecule has 0 heterocycles. The van der Waals surface area contributed by atoms with Crippen LogP contribution in [0.25, 0.3) is 0 Å². The van der Waals surface area contributed by atoms with Crippen molar-refractivity contribution in [3.63, 3.8) is 0 Å². The fraction of sp³-hybridized carbons (Fsp3) is 0.136. The molecule has 0 aliphatic rings. The van der Waals surface area contributed by atoms with Crippen LogP contribution in [0.3, 0.4) is 0 Å². The van der Waals surface area contributed by atoms with Gasteiger partial charge in [-0.25, -0.2) is 8.42 Å². The van der Waals surface area contributed by atoms with Crippen LogP contribution >= 0.6 is 0 Å². The molecule has 0 bridgehead atoms. The van der Waals surface area contributed by atoms with Crippen LogP contribution < -0.4 is 14.4 Å². The van der Waals surface area contributed by atoms with Crippen LogP contribution in [0.15, 0.2) is 83.8 Å². The molecular weight excluding hydrogens is 388 g/mol. The van der Waals surface area contributed by atoms with E-state index in [1.54, 1.807) is 78.9 Å². The molecule has 1 amide bonds. The number of sulfonamides is 1. The van der Waals surface area contributed by atoms with E-state index in [2.05, 4.69) is 5.32 Å². The molecule has 0 unspecified atom stereocenters. The number of carbonyl (C=O) groups is 1. The molecule has 7 heteroatoms. The van der Waals surface area contributed by atoms with Crippen molar-refractivity contribution in [1.82, 2.24) is 0 Å². The molecule has 3 aromatic rings. The Hall–Kier alpha value is -3.32. The van der Waals surface area contributed by atoms with E-state index in [0.29, 0.717) is 17.1 Å². The van der Waals surface area contributed by atoms with Gasteiger partial charge in [-0.05, 0) is 43.3 Å². The van der Waals surface area contributed by atoms with E-state index in [4.69, 9.17) is 4.74 Å². The summed E-state index contributed by atoms with van der Waals surface area (Å²) in [5.74, 6) is 0.132. The zero-order valence-electron chi connectivity index (χ0n) is 16.2. The van der Waals surface area contributed by atoms with Crippen LogP contribution in [-0.2, 0) is 14.8 Å². The number of anilines is 2. The van der Waals surface area contributed by atoms with Crippen LogP contribution in [0.1, 0.15) is 5.56 Å². The maximum absolute atomic E-state index is 13.3. The fourth-order valence-electron chi connectivity index (χ4n) is 2.78. The standard InChI is InChI=1S/C22H22N2O4S/c1-17-11-13-21(14-12-17)29(26,27)24(19-8-4-3-5-9-19)16-22(25)23-18-7-6-10-20(15-18)28-2/h3-15H,16H2,1-2H3,(H,23,25). The summed E-state index contributed by atoms with van der Waals surface area (Å²) in [6.07, 6.45) is 0. The minimum absolute atomic E-state index is 0.126. The van der Waals surface area contributed by atoms with Crippen molar-refractivity contribution >= 4 is 27.3 Å². The zero-order valence-corrected chi connectivity index (χ0v) is 17.0. The molecule has 6 nitrogen and oxygen atoms in total. The average Bonchev–Trinajstić information content (AvgIpc) is 2.73. The number of hydrogen-bond donors (Lipinski definition) is 1. The number of methoxy groups -OCH3 is 1. The Morgan fingerprint density at radius 1 is 0.966 bits per heavy atom. The van der Waals surface area contributed by atoms with Gasteiger partial charge in [0.15, 0.2) is 0 Å². The first-order valence-electron chi connectivity index (χ1n) is 8.98. The van der Waals surface area contributed by atoms with Gasteiger partial charge in [-0.2, -0.15) is 0 Å². The van der Waals surface area contributed by atoms with Crippen molar-refractivity contribution in [1.29, 1.82) is 0 Å². The first kappa shape index (κ1) is 20.4. The minimum atomic E-state index is -3.92. The summed E-state index contributed by atoms with van der Waals surface area (Å²) in [4.78, 5) is 12.8. The fourth-order valence-corrected chi connectivity index (χ4v) is 4.20.